The molecule has 0 aromatic heterocycles. The molecule has 1 aliphatic rings. The molecular formula is C22H19Cl2N3O2. The molecule has 3 aromatic rings. The predicted molar refractivity (Wildman–Crippen MR) is 117 cm³/mol. The Labute approximate surface area is 179 Å². The topological polar surface area (TPSA) is 67.6 Å². The van der Waals surface area contributed by atoms with Crippen molar-refractivity contribution in [3.05, 3.63) is 81.3 Å². The molecule has 0 spiro atoms. The smallest absolute Gasteiger partial charge is 0.258 e. The van der Waals surface area contributed by atoms with Gasteiger partial charge in [0.05, 0.1) is 15.7 Å². The largest absolute Gasteiger partial charge is 0.454 e. The van der Waals surface area contributed by atoms with Crippen LogP contribution in [0.5, 0.6) is 11.5 Å². The number of carbonyl (C=O) groups excluding carboxylic acids is 1. The Balaban J connectivity index is 1.59. The number of hydrogen-bond donors (Lipinski definition) is 2. The summed E-state index contributed by atoms with van der Waals surface area (Å²) in [6.45, 7) is 2.63. The summed E-state index contributed by atoms with van der Waals surface area (Å²) in [6, 6.07) is 16.6. The third kappa shape index (κ3) is 3.90. The van der Waals surface area contributed by atoms with E-state index >= 15 is 0 Å². The average Bonchev–Trinajstić information content (AvgIpc) is 2.71. The van der Waals surface area contributed by atoms with Crippen molar-refractivity contribution < 1.29 is 9.53 Å². The standard InChI is InChI=1S/C22H19Cl2N3O2/c1-13-2-4-16(5-3-13)27-9-8-14-10-17(6-7-18(14)22(27)28)29-21-19(23)11-15(26-25)12-20(21)24/h2-7,10-12,26H,8-9,25H2,1H3. The number of nitrogens with zero attached hydrogens (tertiary/aromatic N) is 1. The number of rotatable bonds is 4. The molecule has 7 heteroatoms. The van der Waals surface area contributed by atoms with Gasteiger partial charge in [0.1, 0.15) is 5.75 Å². The molecule has 0 atom stereocenters. The number of benzene rings is 3. The number of aryl methyl sites for hydroxylation is 1. The van der Waals surface area contributed by atoms with Crippen LogP contribution >= 0.6 is 23.2 Å². The number of fused-ring (bicyclic) bond motifs is 1. The van der Waals surface area contributed by atoms with Crippen LogP contribution in [0.4, 0.5) is 11.4 Å². The lowest BCUT2D eigenvalue weighted by atomic mass is 9.98. The molecule has 1 aliphatic heterocycles. The second kappa shape index (κ2) is 7.95. The van der Waals surface area contributed by atoms with Crippen LogP contribution in [0, 0.1) is 6.92 Å². The highest BCUT2D eigenvalue weighted by Gasteiger charge is 2.26. The normalized spacial score (nSPS) is 13.2. The maximum Gasteiger partial charge on any atom is 0.258 e. The SMILES string of the molecule is Cc1ccc(N2CCc3cc(Oc4c(Cl)cc(NN)cc4Cl)ccc3C2=O)cc1. The lowest BCUT2D eigenvalue weighted by Crippen LogP contribution is -2.37. The van der Waals surface area contributed by atoms with E-state index in [2.05, 4.69) is 5.43 Å². The van der Waals surface area contributed by atoms with Crippen molar-refractivity contribution in [2.75, 3.05) is 16.9 Å². The van der Waals surface area contributed by atoms with Crippen molar-refractivity contribution >= 4 is 40.5 Å². The summed E-state index contributed by atoms with van der Waals surface area (Å²) in [6.07, 6.45) is 0.726. The van der Waals surface area contributed by atoms with Crippen LogP contribution in [0.15, 0.2) is 54.6 Å². The van der Waals surface area contributed by atoms with E-state index in [0.717, 1.165) is 23.2 Å². The minimum atomic E-state index is -0.0175. The minimum absolute atomic E-state index is 0.0175. The zero-order valence-corrected chi connectivity index (χ0v) is 17.2. The molecule has 0 aliphatic carbocycles. The van der Waals surface area contributed by atoms with Gasteiger partial charge in [0, 0.05) is 17.8 Å². The number of carbonyl (C=O) groups is 1. The Morgan fingerprint density at radius 3 is 2.38 bits per heavy atom. The van der Waals surface area contributed by atoms with Crippen LogP contribution in [0.3, 0.4) is 0 Å². The lowest BCUT2D eigenvalue weighted by Gasteiger charge is -2.29. The number of nitrogen functional groups attached to an aromatic ring is 1. The molecule has 148 valence electrons. The molecule has 0 saturated heterocycles. The fourth-order valence-electron chi connectivity index (χ4n) is 3.36. The van der Waals surface area contributed by atoms with Crippen molar-refractivity contribution in [3.63, 3.8) is 0 Å². The highest BCUT2D eigenvalue weighted by molar-refractivity contribution is 6.37. The Hall–Kier alpha value is -2.73. The number of nitrogens with two attached hydrogens (primary N) is 1. The molecule has 4 rings (SSSR count). The molecule has 0 bridgehead atoms. The van der Waals surface area contributed by atoms with E-state index < -0.39 is 0 Å². The number of nitrogens with one attached hydrogen (secondary N) is 1. The summed E-state index contributed by atoms with van der Waals surface area (Å²) < 4.78 is 5.91. The molecule has 0 fully saturated rings. The van der Waals surface area contributed by atoms with Gasteiger partial charge in [0.25, 0.3) is 5.91 Å². The molecule has 0 saturated carbocycles. The minimum Gasteiger partial charge on any atom is -0.454 e. The molecule has 3 N–H and O–H groups in total. The van der Waals surface area contributed by atoms with Crippen molar-refractivity contribution in [1.82, 2.24) is 0 Å². The molecule has 5 nitrogen and oxygen atoms in total. The highest BCUT2D eigenvalue weighted by Crippen LogP contribution is 2.39. The van der Waals surface area contributed by atoms with Crippen LogP contribution in [0.25, 0.3) is 0 Å². The van der Waals surface area contributed by atoms with E-state index in [1.165, 1.54) is 0 Å². The molecular weight excluding hydrogens is 409 g/mol. The number of amides is 1. The molecule has 29 heavy (non-hydrogen) atoms. The number of hydrazine groups is 1. The molecule has 1 amide bonds. The summed E-state index contributed by atoms with van der Waals surface area (Å²) in [5, 5.41) is 0.676. The van der Waals surface area contributed by atoms with E-state index in [1.807, 2.05) is 37.3 Å². The van der Waals surface area contributed by atoms with Crippen LogP contribution < -0.4 is 20.9 Å². The zero-order chi connectivity index (χ0) is 20.5. The highest BCUT2D eigenvalue weighted by atomic mass is 35.5. The van der Waals surface area contributed by atoms with Crippen LogP contribution in [-0.4, -0.2) is 12.5 Å². The van der Waals surface area contributed by atoms with Crippen molar-refractivity contribution in [3.8, 4) is 11.5 Å². The van der Waals surface area contributed by atoms with Gasteiger partial charge >= 0.3 is 0 Å². The van der Waals surface area contributed by atoms with Gasteiger partial charge < -0.3 is 15.1 Å². The van der Waals surface area contributed by atoms with Gasteiger partial charge in [-0.3, -0.25) is 10.6 Å². The van der Waals surface area contributed by atoms with Gasteiger partial charge in [-0.15, -0.1) is 0 Å². The van der Waals surface area contributed by atoms with Crippen molar-refractivity contribution in [2.45, 2.75) is 13.3 Å². The van der Waals surface area contributed by atoms with Gasteiger partial charge in [0.15, 0.2) is 5.75 Å². The van der Waals surface area contributed by atoms with Gasteiger partial charge in [0.2, 0.25) is 0 Å². The monoisotopic (exact) mass is 427 g/mol. The quantitative estimate of drug-likeness (QED) is 0.420. The Bertz CT molecular complexity index is 1060. The van der Waals surface area contributed by atoms with Crippen LogP contribution in [0.2, 0.25) is 10.0 Å². The van der Waals surface area contributed by atoms with Crippen LogP contribution in [0.1, 0.15) is 21.5 Å². The fraction of sp³-hybridized carbons (Fsp3) is 0.136. The third-order valence-electron chi connectivity index (χ3n) is 4.89. The number of halogens is 2. The maximum absolute atomic E-state index is 13.0. The third-order valence-corrected chi connectivity index (χ3v) is 5.45. The Kier molecular flexibility index (Phi) is 5.37. The second-order valence-corrected chi connectivity index (χ2v) is 7.69. The second-order valence-electron chi connectivity index (χ2n) is 6.88. The fourth-order valence-corrected chi connectivity index (χ4v) is 3.92. The van der Waals surface area contributed by atoms with E-state index in [4.69, 9.17) is 33.8 Å². The number of ether oxygens (including phenoxy) is 1. The first kappa shape index (κ1) is 19.6. The number of hydrogen-bond acceptors (Lipinski definition) is 4. The summed E-state index contributed by atoms with van der Waals surface area (Å²) in [7, 11) is 0. The summed E-state index contributed by atoms with van der Waals surface area (Å²) in [4.78, 5) is 14.8. The molecule has 0 unspecified atom stereocenters. The van der Waals surface area contributed by atoms with Crippen molar-refractivity contribution in [1.29, 1.82) is 0 Å². The van der Waals surface area contributed by atoms with Crippen LogP contribution in [-0.2, 0) is 6.42 Å². The van der Waals surface area contributed by atoms with Gasteiger partial charge in [-0.2, -0.15) is 0 Å². The lowest BCUT2D eigenvalue weighted by molar-refractivity contribution is 0.0980. The van der Waals surface area contributed by atoms with Crippen molar-refractivity contribution in [2.24, 2.45) is 5.84 Å². The Morgan fingerprint density at radius 1 is 1.03 bits per heavy atom. The Morgan fingerprint density at radius 2 is 1.72 bits per heavy atom. The summed E-state index contributed by atoms with van der Waals surface area (Å²) >= 11 is 12.5. The molecule has 0 radical (unpaired) electrons. The van der Waals surface area contributed by atoms with Gasteiger partial charge in [-0.25, -0.2) is 0 Å². The maximum atomic E-state index is 13.0. The summed E-state index contributed by atoms with van der Waals surface area (Å²) in [5.74, 6) is 6.29. The summed E-state index contributed by atoms with van der Waals surface area (Å²) in [5.41, 5.74) is 6.75. The number of anilines is 2. The predicted octanol–water partition coefficient (Wildman–Crippen LogP) is 5.58. The average molecular weight is 428 g/mol. The first-order valence-corrected chi connectivity index (χ1v) is 9.87. The van der Waals surface area contributed by atoms with Gasteiger partial charge in [-0.05, 0) is 61.4 Å². The molecule has 3 aromatic carbocycles. The van der Waals surface area contributed by atoms with E-state index in [0.29, 0.717) is 39.3 Å². The first-order valence-electron chi connectivity index (χ1n) is 9.11. The van der Waals surface area contributed by atoms with E-state index in [1.54, 1.807) is 29.2 Å². The van der Waals surface area contributed by atoms with Gasteiger partial charge in [-0.1, -0.05) is 40.9 Å². The molecule has 1 heterocycles. The first-order chi connectivity index (χ1) is 14.0. The van der Waals surface area contributed by atoms with E-state index in [9.17, 15) is 4.79 Å². The van der Waals surface area contributed by atoms with E-state index in [-0.39, 0.29) is 5.91 Å². The zero-order valence-electron chi connectivity index (χ0n) is 15.7.